The van der Waals surface area contributed by atoms with Crippen LogP contribution in [0, 0.1) is 34.5 Å². The topological polar surface area (TPSA) is 60.7 Å². The lowest BCUT2D eigenvalue weighted by molar-refractivity contribution is -0.174. The molecule has 8 atom stereocenters. The molecule has 4 aliphatic carbocycles. The molecule has 3 nitrogen and oxygen atoms in total. The highest BCUT2D eigenvalue weighted by atomic mass is 16.3. The van der Waals surface area contributed by atoms with Crippen molar-refractivity contribution in [2.75, 3.05) is 6.61 Å². The average Bonchev–Trinajstić information content (AvgIpc) is 2.66. The standard InChI is InChI=1S/C19H30O3/c1-11-12-3-4-16-18(2)9-14(21)7-13(10-20)15(18)5-6-19(16,8-12)17(11)22/h12-17,20-22H,1,3-10H2,2H3/t12-,13+,14-,15-,16+,17+,18-,19-/m1/s1. The van der Waals surface area contributed by atoms with E-state index in [-0.39, 0.29) is 35.6 Å². The van der Waals surface area contributed by atoms with Crippen molar-refractivity contribution in [3.8, 4) is 0 Å². The van der Waals surface area contributed by atoms with Gasteiger partial charge in [-0.2, -0.15) is 0 Å². The lowest BCUT2D eigenvalue weighted by Gasteiger charge is -2.62. The molecule has 4 aliphatic rings. The monoisotopic (exact) mass is 306 g/mol. The molecule has 4 fully saturated rings. The quantitative estimate of drug-likeness (QED) is 0.652. The summed E-state index contributed by atoms with van der Waals surface area (Å²) < 4.78 is 0. The highest BCUT2D eigenvalue weighted by Gasteiger charge is 2.65. The molecule has 124 valence electrons. The molecule has 0 aromatic rings. The lowest BCUT2D eigenvalue weighted by atomic mass is 9.43. The highest BCUT2D eigenvalue weighted by molar-refractivity contribution is 5.27. The molecule has 0 heterocycles. The molecule has 4 rings (SSSR count). The van der Waals surface area contributed by atoms with Gasteiger partial charge in [0, 0.05) is 12.0 Å². The summed E-state index contributed by atoms with van der Waals surface area (Å²) in [6.07, 6.45) is 6.48. The molecular formula is C19H30O3. The Hall–Kier alpha value is -0.380. The van der Waals surface area contributed by atoms with Crippen LogP contribution in [-0.2, 0) is 0 Å². The number of aliphatic hydroxyl groups excluding tert-OH is 3. The van der Waals surface area contributed by atoms with Crippen molar-refractivity contribution in [2.45, 2.75) is 64.1 Å². The summed E-state index contributed by atoms with van der Waals surface area (Å²) in [4.78, 5) is 0. The SMILES string of the molecule is C=C1[C@@H]2CC[C@H]3[C@]4(C)C[C@H](O)C[C@@H](CO)[C@H]4CC[C@]3(C2)[C@H]1O. The number of fused-ring (bicyclic) bond motifs is 3. The van der Waals surface area contributed by atoms with Crippen molar-refractivity contribution in [3.63, 3.8) is 0 Å². The Morgan fingerprint density at radius 2 is 1.95 bits per heavy atom. The fourth-order valence-electron chi connectivity index (χ4n) is 7.36. The van der Waals surface area contributed by atoms with E-state index in [1.807, 2.05) is 0 Å². The van der Waals surface area contributed by atoms with E-state index in [9.17, 15) is 15.3 Å². The van der Waals surface area contributed by atoms with Crippen molar-refractivity contribution in [1.82, 2.24) is 0 Å². The van der Waals surface area contributed by atoms with E-state index in [0.29, 0.717) is 17.8 Å². The number of hydrogen-bond donors (Lipinski definition) is 3. The normalized spacial score (nSPS) is 57.4. The molecule has 0 radical (unpaired) electrons. The second-order valence-corrected chi connectivity index (χ2v) is 8.93. The number of rotatable bonds is 1. The molecule has 22 heavy (non-hydrogen) atoms. The zero-order valence-corrected chi connectivity index (χ0v) is 13.7. The molecule has 3 heteroatoms. The van der Waals surface area contributed by atoms with Gasteiger partial charge >= 0.3 is 0 Å². The van der Waals surface area contributed by atoms with Crippen LogP contribution in [0.3, 0.4) is 0 Å². The first-order chi connectivity index (χ1) is 10.4. The zero-order chi connectivity index (χ0) is 15.7. The Labute approximate surface area is 133 Å². The van der Waals surface area contributed by atoms with E-state index in [0.717, 1.165) is 50.5 Å². The van der Waals surface area contributed by atoms with Crippen LogP contribution >= 0.6 is 0 Å². The van der Waals surface area contributed by atoms with Gasteiger partial charge in [0.25, 0.3) is 0 Å². The van der Waals surface area contributed by atoms with Crippen LogP contribution in [0.2, 0.25) is 0 Å². The van der Waals surface area contributed by atoms with Gasteiger partial charge in [-0.15, -0.1) is 0 Å². The molecule has 0 aromatic heterocycles. The zero-order valence-electron chi connectivity index (χ0n) is 13.7. The van der Waals surface area contributed by atoms with Gasteiger partial charge in [0.1, 0.15) is 0 Å². The van der Waals surface area contributed by atoms with Crippen LogP contribution < -0.4 is 0 Å². The molecule has 0 aromatic carbocycles. The molecular weight excluding hydrogens is 276 g/mol. The van der Waals surface area contributed by atoms with E-state index < -0.39 is 0 Å². The van der Waals surface area contributed by atoms with Crippen LogP contribution in [0.15, 0.2) is 12.2 Å². The predicted molar refractivity (Wildman–Crippen MR) is 85.1 cm³/mol. The van der Waals surface area contributed by atoms with Crippen molar-refractivity contribution in [2.24, 2.45) is 34.5 Å². The number of hydrogen-bond acceptors (Lipinski definition) is 3. The summed E-state index contributed by atoms with van der Waals surface area (Å²) in [5, 5.41) is 31.1. The van der Waals surface area contributed by atoms with Crippen molar-refractivity contribution >= 4 is 0 Å². The van der Waals surface area contributed by atoms with Crippen LogP contribution in [0.1, 0.15) is 51.9 Å². The van der Waals surface area contributed by atoms with Gasteiger partial charge in [-0.05, 0) is 79.6 Å². The molecule has 0 unspecified atom stereocenters. The van der Waals surface area contributed by atoms with Gasteiger partial charge in [-0.1, -0.05) is 13.5 Å². The maximum Gasteiger partial charge on any atom is 0.0809 e. The lowest BCUT2D eigenvalue weighted by Crippen LogP contribution is -2.58. The van der Waals surface area contributed by atoms with Crippen molar-refractivity contribution < 1.29 is 15.3 Å². The molecule has 1 spiro atoms. The van der Waals surface area contributed by atoms with E-state index in [1.165, 1.54) is 0 Å². The first kappa shape index (κ1) is 15.2. The van der Waals surface area contributed by atoms with Crippen LogP contribution in [-0.4, -0.2) is 34.1 Å². The summed E-state index contributed by atoms with van der Waals surface area (Å²) >= 11 is 0. The second-order valence-electron chi connectivity index (χ2n) is 8.93. The van der Waals surface area contributed by atoms with Crippen molar-refractivity contribution in [3.05, 3.63) is 12.2 Å². The molecule has 0 saturated heterocycles. The summed E-state index contributed by atoms with van der Waals surface area (Å²) in [6, 6.07) is 0. The second kappa shape index (κ2) is 4.81. The summed E-state index contributed by atoms with van der Waals surface area (Å²) in [6.45, 7) is 6.72. The van der Waals surface area contributed by atoms with Gasteiger partial charge < -0.3 is 15.3 Å². The van der Waals surface area contributed by atoms with Gasteiger partial charge in [-0.3, -0.25) is 0 Å². The summed E-state index contributed by atoms with van der Waals surface area (Å²) in [5.74, 6) is 1.70. The fraction of sp³-hybridized carbons (Fsp3) is 0.895. The third-order valence-corrected chi connectivity index (χ3v) is 8.16. The Balaban J connectivity index is 1.75. The van der Waals surface area contributed by atoms with Gasteiger partial charge in [0.2, 0.25) is 0 Å². The van der Waals surface area contributed by atoms with Gasteiger partial charge in [-0.25, -0.2) is 0 Å². The van der Waals surface area contributed by atoms with Gasteiger partial charge in [0.15, 0.2) is 0 Å². The van der Waals surface area contributed by atoms with Gasteiger partial charge in [0.05, 0.1) is 12.2 Å². The molecule has 4 saturated carbocycles. The largest absolute Gasteiger partial charge is 0.396 e. The maximum absolute atomic E-state index is 10.9. The van der Waals surface area contributed by atoms with E-state index in [2.05, 4.69) is 13.5 Å². The minimum absolute atomic E-state index is 0.00230. The van der Waals surface area contributed by atoms with E-state index in [4.69, 9.17) is 0 Å². The predicted octanol–water partition coefficient (Wildman–Crippen LogP) is 2.50. The third kappa shape index (κ3) is 1.73. The average molecular weight is 306 g/mol. The molecule has 0 amide bonds. The van der Waals surface area contributed by atoms with Crippen molar-refractivity contribution in [1.29, 1.82) is 0 Å². The fourth-order valence-corrected chi connectivity index (χ4v) is 7.36. The molecule has 3 N–H and O–H groups in total. The van der Waals surface area contributed by atoms with Crippen LogP contribution in [0.4, 0.5) is 0 Å². The Morgan fingerprint density at radius 3 is 2.68 bits per heavy atom. The Morgan fingerprint density at radius 1 is 1.18 bits per heavy atom. The summed E-state index contributed by atoms with van der Waals surface area (Å²) in [5.41, 5.74) is 1.13. The Kier molecular flexibility index (Phi) is 3.32. The van der Waals surface area contributed by atoms with E-state index in [1.54, 1.807) is 0 Å². The third-order valence-electron chi connectivity index (χ3n) is 8.16. The molecule has 2 bridgehead atoms. The number of aliphatic hydroxyl groups is 3. The first-order valence-electron chi connectivity index (χ1n) is 9.08. The molecule has 0 aliphatic heterocycles. The van der Waals surface area contributed by atoms with E-state index >= 15 is 0 Å². The van der Waals surface area contributed by atoms with Crippen LogP contribution in [0.5, 0.6) is 0 Å². The first-order valence-corrected chi connectivity index (χ1v) is 9.08. The van der Waals surface area contributed by atoms with Crippen LogP contribution in [0.25, 0.3) is 0 Å². The highest BCUT2D eigenvalue weighted by Crippen LogP contribution is 2.70. The minimum atomic E-state index is -0.352. The maximum atomic E-state index is 10.9. The summed E-state index contributed by atoms with van der Waals surface area (Å²) in [7, 11) is 0. The minimum Gasteiger partial charge on any atom is -0.396 e. The smallest absolute Gasteiger partial charge is 0.0809 e. The Bertz CT molecular complexity index is 489.